The first-order chi connectivity index (χ1) is 7.76. The summed E-state index contributed by atoms with van der Waals surface area (Å²) in [5, 5.41) is 3.86. The van der Waals surface area contributed by atoms with Crippen molar-refractivity contribution in [3.63, 3.8) is 0 Å². The number of methoxy groups -OCH3 is 1. The molecule has 0 aromatic rings. The van der Waals surface area contributed by atoms with Gasteiger partial charge in [0.2, 0.25) is 0 Å². The van der Waals surface area contributed by atoms with Gasteiger partial charge in [0.15, 0.2) is 0 Å². The summed E-state index contributed by atoms with van der Waals surface area (Å²) in [5.41, 5.74) is 0.270. The number of hydrogen-bond donors (Lipinski definition) is 1. The van der Waals surface area contributed by atoms with E-state index in [2.05, 4.69) is 17.1 Å². The smallest absolute Gasteiger partial charge is 0.0705 e. The van der Waals surface area contributed by atoms with Crippen LogP contribution in [0.5, 0.6) is 0 Å². The van der Waals surface area contributed by atoms with Gasteiger partial charge in [-0.3, -0.25) is 0 Å². The summed E-state index contributed by atoms with van der Waals surface area (Å²) in [4.78, 5) is 0.457. The number of rotatable bonds is 1. The van der Waals surface area contributed by atoms with Crippen LogP contribution >= 0.6 is 11.8 Å². The fourth-order valence-corrected chi connectivity index (χ4v) is 6.76. The second kappa shape index (κ2) is 3.18. The minimum atomic E-state index is 0.270. The van der Waals surface area contributed by atoms with Gasteiger partial charge in [0.05, 0.1) is 10.5 Å². The quantitative estimate of drug-likeness (QED) is 0.758. The fraction of sp³-hybridized carbons (Fsp3) is 1.00. The minimum Gasteiger partial charge on any atom is -0.378 e. The van der Waals surface area contributed by atoms with Crippen molar-refractivity contribution >= 4 is 11.8 Å². The van der Waals surface area contributed by atoms with Crippen molar-refractivity contribution in [2.24, 2.45) is 17.8 Å². The summed E-state index contributed by atoms with van der Waals surface area (Å²) in [6.45, 7) is 1.22. The zero-order valence-corrected chi connectivity index (χ0v) is 10.8. The molecular formula is C13H21NOS. The first-order valence-electron chi connectivity index (χ1n) is 6.70. The van der Waals surface area contributed by atoms with E-state index in [0.29, 0.717) is 4.87 Å². The molecule has 2 unspecified atom stereocenters. The van der Waals surface area contributed by atoms with E-state index in [-0.39, 0.29) is 5.60 Å². The van der Waals surface area contributed by atoms with Crippen molar-refractivity contribution in [2.75, 3.05) is 19.4 Å². The van der Waals surface area contributed by atoms with E-state index < -0.39 is 0 Å². The molecule has 1 spiro atoms. The molecular weight excluding hydrogens is 218 g/mol. The van der Waals surface area contributed by atoms with Crippen LogP contribution in [0.25, 0.3) is 0 Å². The Labute approximate surface area is 102 Å². The zero-order valence-electron chi connectivity index (χ0n) is 10.00. The third-order valence-corrected chi connectivity index (χ3v) is 7.32. The largest absolute Gasteiger partial charge is 0.378 e. The van der Waals surface area contributed by atoms with Crippen molar-refractivity contribution in [2.45, 2.75) is 42.6 Å². The number of thioether (sulfide) groups is 1. The molecule has 1 aliphatic heterocycles. The van der Waals surface area contributed by atoms with E-state index in [9.17, 15) is 0 Å². The highest BCUT2D eigenvalue weighted by molar-refractivity contribution is 8.00. The van der Waals surface area contributed by atoms with Crippen LogP contribution in [0.3, 0.4) is 0 Å². The molecule has 4 aliphatic carbocycles. The predicted octanol–water partition coefficient (Wildman–Crippen LogP) is 2.24. The van der Waals surface area contributed by atoms with Crippen LogP contribution in [-0.2, 0) is 4.74 Å². The lowest BCUT2D eigenvalue weighted by Crippen LogP contribution is -2.66. The molecule has 0 radical (unpaired) electrons. The average molecular weight is 239 g/mol. The van der Waals surface area contributed by atoms with Crippen molar-refractivity contribution < 1.29 is 4.74 Å². The maximum Gasteiger partial charge on any atom is 0.0705 e. The average Bonchev–Trinajstić information content (AvgIpc) is 2.75. The van der Waals surface area contributed by atoms with Crippen molar-refractivity contribution in [3.05, 3.63) is 0 Å². The van der Waals surface area contributed by atoms with E-state index >= 15 is 0 Å². The Balaban J connectivity index is 1.72. The van der Waals surface area contributed by atoms with Gasteiger partial charge in [-0.15, -0.1) is 11.8 Å². The van der Waals surface area contributed by atoms with Gasteiger partial charge in [-0.2, -0.15) is 0 Å². The normalized spacial score (nSPS) is 58.7. The molecule has 0 amide bonds. The van der Waals surface area contributed by atoms with Crippen LogP contribution in [0, 0.1) is 17.8 Å². The lowest BCUT2D eigenvalue weighted by atomic mass is 9.51. The number of nitrogens with one attached hydrogen (secondary N) is 1. The highest BCUT2D eigenvalue weighted by Gasteiger charge is 2.63. The van der Waals surface area contributed by atoms with Crippen LogP contribution in [0.15, 0.2) is 0 Å². The van der Waals surface area contributed by atoms with Gasteiger partial charge in [0.1, 0.15) is 0 Å². The number of hydrogen-bond acceptors (Lipinski definition) is 3. The Hall–Kier alpha value is 0.270. The third kappa shape index (κ3) is 1.12. The summed E-state index contributed by atoms with van der Waals surface area (Å²) in [6, 6.07) is 0. The van der Waals surface area contributed by atoms with Crippen LogP contribution in [-0.4, -0.2) is 29.9 Å². The lowest BCUT2D eigenvalue weighted by Gasteiger charge is -2.63. The SMILES string of the molecule is COC12CC3CC(C1)C1(NCCS1)C(C3)C2. The molecule has 0 aromatic carbocycles. The molecule has 1 heterocycles. The van der Waals surface area contributed by atoms with E-state index in [0.717, 1.165) is 17.8 Å². The van der Waals surface area contributed by atoms with E-state index in [1.807, 2.05) is 7.11 Å². The molecule has 1 N–H and O–H groups in total. The highest BCUT2D eigenvalue weighted by Crippen LogP contribution is 2.64. The molecule has 5 fully saturated rings. The molecule has 90 valence electrons. The van der Waals surface area contributed by atoms with Crippen LogP contribution < -0.4 is 5.32 Å². The molecule has 2 nitrogen and oxygen atoms in total. The third-order valence-electron chi connectivity index (χ3n) is 5.62. The summed E-state index contributed by atoms with van der Waals surface area (Å²) in [5.74, 6) is 4.04. The van der Waals surface area contributed by atoms with E-state index in [1.54, 1.807) is 0 Å². The van der Waals surface area contributed by atoms with Gasteiger partial charge >= 0.3 is 0 Å². The Morgan fingerprint density at radius 1 is 1.19 bits per heavy atom. The van der Waals surface area contributed by atoms with Gasteiger partial charge in [-0.05, 0) is 49.9 Å². The Morgan fingerprint density at radius 2 is 1.94 bits per heavy atom. The molecule has 16 heavy (non-hydrogen) atoms. The molecule has 5 aliphatic rings. The zero-order chi connectivity index (χ0) is 10.8. The highest BCUT2D eigenvalue weighted by atomic mass is 32.2. The molecule has 4 saturated carbocycles. The standard InChI is InChI=1S/C13H21NOS/c1-15-12-6-9-4-10(7-12)13(11(5-9)8-12)14-2-3-16-13/h9-11,14H,2-8H2,1H3. The minimum absolute atomic E-state index is 0.270. The van der Waals surface area contributed by atoms with Crippen LogP contribution in [0.4, 0.5) is 0 Å². The molecule has 2 atom stereocenters. The van der Waals surface area contributed by atoms with Gasteiger partial charge in [0, 0.05) is 19.4 Å². The van der Waals surface area contributed by atoms with Crippen molar-refractivity contribution in [1.82, 2.24) is 5.32 Å². The molecule has 4 bridgehead atoms. The van der Waals surface area contributed by atoms with Gasteiger partial charge in [0.25, 0.3) is 0 Å². The van der Waals surface area contributed by atoms with E-state index in [1.165, 1.54) is 44.4 Å². The van der Waals surface area contributed by atoms with Crippen LogP contribution in [0.2, 0.25) is 0 Å². The van der Waals surface area contributed by atoms with Crippen LogP contribution in [0.1, 0.15) is 32.1 Å². The molecule has 3 heteroatoms. The van der Waals surface area contributed by atoms with Crippen molar-refractivity contribution in [1.29, 1.82) is 0 Å². The summed E-state index contributed by atoms with van der Waals surface area (Å²) in [6.07, 6.45) is 6.90. The maximum atomic E-state index is 5.92. The van der Waals surface area contributed by atoms with Crippen molar-refractivity contribution in [3.8, 4) is 0 Å². The Kier molecular flexibility index (Phi) is 2.03. The topological polar surface area (TPSA) is 21.3 Å². The molecule has 1 saturated heterocycles. The maximum absolute atomic E-state index is 5.92. The first kappa shape index (κ1) is 10.2. The Bertz CT molecular complexity index is 295. The summed E-state index contributed by atoms with van der Waals surface area (Å²) < 4.78 is 5.92. The fourth-order valence-electron chi connectivity index (χ4n) is 5.19. The predicted molar refractivity (Wildman–Crippen MR) is 66.5 cm³/mol. The van der Waals surface area contributed by atoms with Gasteiger partial charge < -0.3 is 10.1 Å². The number of ether oxygens (including phenoxy) is 1. The second-order valence-corrected chi connectivity index (χ2v) is 7.67. The van der Waals surface area contributed by atoms with E-state index in [4.69, 9.17) is 4.74 Å². The summed E-state index contributed by atoms with van der Waals surface area (Å²) in [7, 11) is 1.94. The first-order valence-corrected chi connectivity index (χ1v) is 7.69. The second-order valence-electron chi connectivity index (χ2n) is 6.30. The molecule has 0 aromatic heterocycles. The molecule has 5 rings (SSSR count). The monoisotopic (exact) mass is 239 g/mol. The van der Waals surface area contributed by atoms with Gasteiger partial charge in [-0.1, -0.05) is 0 Å². The lowest BCUT2D eigenvalue weighted by molar-refractivity contribution is -0.163. The van der Waals surface area contributed by atoms with Gasteiger partial charge in [-0.25, -0.2) is 0 Å². The Morgan fingerprint density at radius 3 is 2.50 bits per heavy atom. The summed E-state index contributed by atoms with van der Waals surface area (Å²) >= 11 is 2.22.